The van der Waals surface area contributed by atoms with Crippen LogP contribution < -0.4 is 10.2 Å². The lowest BCUT2D eigenvalue weighted by Gasteiger charge is -2.16. The topological polar surface area (TPSA) is 32.3 Å². The molecule has 1 aliphatic carbocycles. The van der Waals surface area contributed by atoms with Crippen LogP contribution in [-0.2, 0) is 0 Å². The Labute approximate surface area is 96.5 Å². The summed E-state index contributed by atoms with van der Waals surface area (Å²) in [6.45, 7) is 2.03. The van der Waals surface area contributed by atoms with Crippen LogP contribution >= 0.6 is 0 Å². The van der Waals surface area contributed by atoms with Gasteiger partial charge in [-0.25, -0.2) is 0 Å². The number of aryl methyl sites for hydroxylation is 1. The molecule has 3 nitrogen and oxygen atoms in total. The molecule has 0 heterocycles. The van der Waals surface area contributed by atoms with Crippen LogP contribution in [0.1, 0.15) is 28.8 Å². The van der Waals surface area contributed by atoms with Gasteiger partial charge in [-0.15, -0.1) is 0 Å². The van der Waals surface area contributed by atoms with E-state index in [0.717, 1.165) is 29.7 Å². The lowest BCUT2D eigenvalue weighted by Crippen LogP contribution is -2.25. The molecule has 0 atom stereocenters. The Morgan fingerprint density at radius 1 is 1.38 bits per heavy atom. The SMILES string of the molecule is Cc1cc(C(=O)NC2CC2)ccc1N(C)C. The van der Waals surface area contributed by atoms with Crippen LogP contribution in [0.15, 0.2) is 18.2 Å². The van der Waals surface area contributed by atoms with Gasteiger partial charge in [0, 0.05) is 31.4 Å². The van der Waals surface area contributed by atoms with Crippen molar-refractivity contribution in [3.05, 3.63) is 29.3 Å². The van der Waals surface area contributed by atoms with Crippen LogP contribution in [0, 0.1) is 6.92 Å². The average Bonchev–Trinajstić information content (AvgIpc) is 3.00. The van der Waals surface area contributed by atoms with Crippen LogP contribution in [0.2, 0.25) is 0 Å². The second-order valence-corrected chi connectivity index (χ2v) is 4.64. The highest BCUT2D eigenvalue weighted by Crippen LogP contribution is 2.21. The van der Waals surface area contributed by atoms with Gasteiger partial charge in [-0.2, -0.15) is 0 Å². The van der Waals surface area contributed by atoms with Gasteiger partial charge in [0.25, 0.3) is 5.91 Å². The van der Waals surface area contributed by atoms with Crippen LogP contribution in [0.4, 0.5) is 5.69 Å². The largest absolute Gasteiger partial charge is 0.377 e. The standard InChI is InChI=1S/C13H18N2O/c1-9-8-10(4-7-12(9)15(2)3)13(16)14-11-5-6-11/h4,7-8,11H,5-6H2,1-3H3,(H,14,16). The Morgan fingerprint density at radius 3 is 2.56 bits per heavy atom. The summed E-state index contributed by atoms with van der Waals surface area (Å²) in [4.78, 5) is 13.9. The van der Waals surface area contributed by atoms with E-state index in [-0.39, 0.29) is 5.91 Å². The quantitative estimate of drug-likeness (QED) is 0.841. The van der Waals surface area contributed by atoms with Crippen molar-refractivity contribution < 1.29 is 4.79 Å². The number of hydrogen-bond acceptors (Lipinski definition) is 2. The molecule has 1 N–H and O–H groups in total. The summed E-state index contributed by atoms with van der Waals surface area (Å²) in [6.07, 6.45) is 2.25. The van der Waals surface area contributed by atoms with Crippen LogP contribution in [0.25, 0.3) is 0 Å². The monoisotopic (exact) mass is 218 g/mol. The third kappa shape index (κ3) is 2.35. The van der Waals surface area contributed by atoms with Gasteiger partial charge in [-0.3, -0.25) is 4.79 Å². The average molecular weight is 218 g/mol. The molecule has 0 saturated heterocycles. The van der Waals surface area contributed by atoms with Crippen LogP contribution in [0.5, 0.6) is 0 Å². The van der Waals surface area contributed by atoms with Crippen molar-refractivity contribution in [3.8, 4) is 0 Å². The Balaban J connectivity index is 2.16. The van der Waals surface area contributed by atoms with Gasteiger partial charge in [0.2, 0.25) is 0 Å². The van der Waals surface area contributed by atoms with Crippen molar-refractivity contribution in [1.82, 2.24) is 5.32 Å². The molecule has 86 valence electrons. The predicted molar refractivity (Wildman–Crippen MR) is 66.0 cm³/mol. The molecule has 1 aliphatic rings. The Hall–Kier alpha value is -1.51. The number of amides is 1. The zero-order valence-corrected chi connectivity index (χ0v) is 10.1. The first-order valence-electron chi connectivity index (χ1n) is 5.67. The fourth-order valence-corrected chi connectivity index (χ4v) is 1.79. The van der Waals surface area contributed by atoms with E-state index in [2.05, 4.69) is 10.2 Å². The molecule has 1 amide bonds. The first-order chi connectivity index (χ1) is 7.58. The summed E-state index contributed by atoms with van der Waals surface area (Å²) in [6, 6.07) is 6.26. The molecule has 3 heteroatoms. The first kappa shape index (κ1) is 11.0. The Bertz CT molecular complexity index is 408. The fourth-order valence-electron chi connectivity index (χ4n) is 1.79. The van der Waals surface area contributed by atoms with Gasteiger partial charge in [-0.05, 0) is 43.5 Å². The third-order valence-electron chi connectivity index (χ3n) is 2.85. The third-order valence-corrected chi connectivity index (χ3v) is 2.85. The highest BCUT2D eigenvalue weighted by Gasteiger charge is 2.23. The van der Waals surface area contributed by atoms with Crippen molar-refractivity contribution >= 4 is 11.6 Å². The molecule has 1 fully saturated rings. The maximum atomic E-state index is 11.8. The highest BCUT2D eigenvalue weighted by molar-refractivity contribution is 5.95. The molecule has 0 unspecified atom stereocenters. The van der Waals surface area contributed by atoms with E-state index in [1.165, 1.54) is 0 Å². The van der Waals surface area contributed by atoms with Crippen LogP contribution in [-0.4, -0.2) is 26.0 Å². The van der Waals surface area contributed by atoms with E-state index in [1.807, 2.05) is 39.2 Å². The molecule has 2 rings (SSSR count). The number of nitrogens with one attached hydrogen (secondary N) is 1. The molecular weight excluding hydrogens is 200 g/mol. The molecular formula is C13H18N2O. The van der Waals surface area contributed by atoms with E-state index in [0.29, 0.717) is 6.04 Å². The number of anilines is 1. The number of rotatable bonds is 3. The van der Waals surface area contributed by atoms with Crippen molar-refractivity contribution in [2.24, 2.45) is 0 Å². The number of nitrogens with zero attached hydrogens (tertiary/aromatic N) is 1. The lowest BCUT2D eigenvalue weighted by molar-refractivity contribution is 0.0951. The predicted octanol–water partition coefficient (Wildman–Crippen LogP) is 1.95. The molecule has 1 saturated carbocycles. The van der Waals surface area contributed by atoms with Gasteiger partial charge in [-0.1, -0.05) is 0 Å². The molecule has 0 aromatic heterocycles. The van der Waals surface area contributed by atoms with E-state index in [1.54, 1.807) is 0 Å². The van der Waals surface area contributed by atoms with Crippen molar-refractivity contribution in [2.45, 2.75) is 25.8 Å². The van der Waals surface area contributed by atoms with E-state index in [4.69, 9.17) is 0 Å². The molecule has 16 heavy (non-hydrogen) atoms. The number of hydrogen-bond donors (Lipinski definition) is 1. The maximum absolute atomic E-state index is 11.8. The Morgan fingerprint density at radius 2 is 2.06 bits per heavy atom. The van der Waals surface area contributed by atoms with E-state index in [9.17, 15) is 4.79 Å². The van der Waals surface area contributed by atoms with Crippen molar-refractivity contribution in [2.75, 3.05) is 19.0 Å². The smallest absolute Gasteiger partial charge is 0.251 e. The lowest BCUT2D eigenvalue weighted by atomic mass is 10.1. The van der Waals surface area contributed by atoms with Gasteiger partial charge in [0.15, 0.2) is 0 Å². The maximum Gasteiger partial charge on any atom is 0.251 e. The molecule has 0 bridgehead atoms. The first-order valence-corrected chi connectivity index (χ1v) is 5.67. The summed E-state index contributed by atoms with van der Waals surface area (Å²) in [7, 11) is 4.01. The fraction of sp³-hybridized carbons (Fsp3) is 0.462. The van der Waals surface area contributed by atoms with Gasteiger partial charge < -0.3 is 10.2 Å². The molecule has 0 aliphatic heterocycles. The van der Waals surface area contributed by atoms with E-state index < -0.39 is 0 Å². The van der Waals surface area contributed by atoms with Crippen molar-refractivity contribution in [3.63, 3.8) is 0 Å². The van der Waals surface area contributed by atoms with Gasteiger partial charge in [0.1, 0.15) is 0 Å². The zero-order valence-electron chi connectivity index (χ0n) is 10.1. The summed E-state index contributed by atoms with van der Waals surface area (Å²) < 4.78 is 0. The molecule has 0 radical (unpaired) electrons. The van der Waals surface area contributed by atoms with Gasteiger partial charge in [0.05, 0.1) is 0 Å². The van der Waals surface area contributed by atoms with Crippen molar-refractivity contribution in [1.29, 1.82) is 0 Å². The van der Waals surface area contributed by atoms with Crippen LogP contribution in [0.3, 0.4) is 0 Å². The Kier molecular flexibility index (Phi) is 2.86. The number of carbonyl (C=O) groups excluding carboxylic acids is 1. The van der Waals surface area contributed by atoms with Gasteiger partial charge >= 0.3 is 0 Å². The highest BCUT2D eigenvalue weighted by atomic mass is 16.1. The van der Waals surface area contributed by atoms with E-state index >= 15 is 0 Å². The summed E-state index contributed by atoms with van der Waals surface area (Å²) in [5, 5.41) is 2.99. The second kappa shape index (κ2) is 4.16. The minimum absolute atomic E-state index is 0.0518. The minimum atomic E-state index is 0.0518. The summed E-state index contributed by atoms with van der Waals surface area (Å²) in [5.74, 6) is 0.0518. The molecule has 0 spiro atoms. The molecule has 1 aromatic carbocycles. The second-order valence-electron chi connectivity index (χ2n) is 4.64. The summed E-state index contributed by atoms with van der Waals surface area (Å²) >= 11 is 0. The minimum Gasteiger partial charge on any atom is -0.377 e. The number of benzene rings is 1. The number of carbonyl (C=O) groups is 1. The molecule has 1 aromatic rings. The zero-order chi connectivity index (χ0) is 11.7. The normalized spacial score (nSPS) is 14.7. The summed E-state index contributed by atoms with van der Waals surface area (Å²) in [5.41, 5.74) is 3.05.